The fraction of sp³-hybridized carbons (Fsp3) is 0.867. The van der Waals surface area contributed by atoms with Crippen LogP contribution in [0.3, 0.4) is 0 Å². The Kier molecular flexibility index (Phi) is 4.45. The van der Waals surface area contributed by atoms with Crippen molar-refractivity contribution >= 4 is 11.8 Å². The van der Waals surface area contributed by atoms with E-state index in [9.17, 15) is 9.59 Å². The maximum absolute atomic E-state index is 12.3. The van der Waals surface area contributed by atoms with E-state index in [2.05, 4.69) is 15.5 Å². The van der Waals surface area contributed by atoms with Crippen LogP contribution in [0.2, 0.25) is 0 Å². The van der Waals surface area contributed by atoms with Crippen molar-refractivity contribution in [3.63, 3.8) is 0 Å². The van der Waals surface area contributed by atoms with Gasteiger partial charge in [0.1, 0.15) is 0 Å². The van der Waals surface area contributed by atoms with E-state index in [0.29, 0.717) is 24.5 Å². The van der Waals surface area contributed by atoms with Gasteiger partial charge in [-0.15, -0.1) is 0 Å². The fourth-order valence-corrected chi connectivity index (χ4v) is 3.46. The van der Waals surface area contributed by atoms with Crippen LogP contribution in [0.15, 0.2) is 0 Å². The van der Waals surface area contributed by atoms with Crippen LogP contribution in [0, 0.1) is 5.92 Å². The van der Waals surface area contributed by atoms with Gasteiger partial charge in [0.2, 0.25) is 11.8 Å². The highest BCUT2D eigenvalue weighted by Crippen LogP contribution is 2.26. The Morgan fingerprint density at radius 3 is 2.86 bits per heavy atom. The average molecular weight is 294 g/mol. The number of carbonyl (C=O) groups is 2. The number of carbonyl (C=O) groups excluding carboxylic acids is 2. The lowest BCUT2D eigenvalue weighted by Crippen LogP contribution is -2.50. The number of fused-ring (bicyclic) bond motifs is 1. The first-order valence-corrected chi connectivity index (χ1v) is 8.11. The molecule has 0 spiro atoms. The van der Waals surface area contributed by atoms with Gasteiger partial charge in [-0.05, 0) is 44.7 Å². The molecule has 0 radical (unpaired) electrons. The molecule has 2 N–H and O–H groups in total. The van der Waals surface area contributed by atoms with E-state index in [1.165, 1.54) is 12.8 Å². The van der Waals surface area contributed by atoms with E-state index in [-0.39, 0.29) is 18.4 Å². The van der Waals surface area contributed by atoms with Crippen molar-refractivity contribution in [3.05, 3.63) is 0 Å². The first kappa shape index (κ1) is 14.8. The van der Waals surface area contributed by atoms with Crippen LogP contribution >= 0.6 is 0 Å². The largest absolute Gasteiger partial charge is 0.352 e. The molecule has 1 saturated carbocycles. The zero-order chi connectivity index (χ0) is 14.8. The fourth-order valence-electron chi connectivity index (χ4n) is 3.46. The lowest BCUT2D eigenvalue weighted by Gasteiger charge is -2.37. The number of nitrogens with zero attached hydrogens (tertiary/aromatic N) is 2. The molecule has 2 saturated heterocycles. The molecular weight excluding hydrogens is 268 g/mol. The number of rotatable bonds is 5. The van der Waals surface area contributed by atoms with Crippen LogP contribution in [0.1, 0.15) is 25.7 Å². The molecular formula is C15H26N4O2. The Morgan fingerprint density at radius 1 is 1.29 bits per heavy atom. The molecule has 3 fully saturated rings. The third-order valence-corrected chi connectivity index (χ3v) is 4.88. The molecule has 0 aromatic rings. The third-order valence-electron chi connectivity index (χ3n) is 4.88. The van der Waals surface area contributed by atoms with Crippen molar-refractivity contribution in [1.82, 2.24) is 20.4 Å². The van der Waals surface area contributed by atoms with Crippen LogP contribution in [0.25, 0.3) is 0 Å². The topological polar surface area (TPSA) is 64.7 Å². The van der Waals surface area contributed by atoms with Gasteiger partial charge < -0.3 is 15.5 Å². The SMILES string of the molecule is CN(CC(=O)NC1CC1)C(=O)CN1CCCC2CNCC21. The molecule has 2 unspecified atom stereocenters. The predicted molar refractivity (Wildman–Crippen MR) is 79.8 cm³/mol. The Morgan fingerprint density at radius 2 is 2.10 bits per heavy atom. The van der Waals surface area contributed by atoms with Gasteiger partial charge in [-0.3, -0.25) is 14.5 Å². The smallest absolute Gasteiger partial charge is 0.239 e. The Balaban J connectivity index is 1.46. The molecule has 2 heterocycles. The molecule has 0 aromatic heterocycles. The lowest BCUT2D eigenvalue weighted by molar-refractivity contribution is -0.136. The number of likely N-dealkylation sites (N-methyl/N-ethyl adjacent to an activating group) is 1. The van der Waals surface area contributed by atoms with Crippen LogP contribution < -0.4 is 10.6 Å². The van der Waals surface area contributed by atoms with Gasteiger partial charge in [-0.2, -0.15) is 0 Å². The van der Waals surface area contributed by atoms with Crippen LogP contribution in [-0.4, -0.2) is 73.5 Å². The Hall–Kier alpha value is -1.14. The van der Waals surface area contributed by atoms with Gasteiger partial charge in [-0.1, -0.05) is 0 Å². The lowest BCUT2D eigenvalue weighted by atomic mass is 9.92. The summed E-state index contributed by atoms with van der Waals surface area (Å²) in [6.07, 6.45) is 4.59. The first-order chi connectivity index (χ1) is 10.1. The molecule has 6 heteroatoms. The van der Waals surface area contributed by atoms with E-state index in [1.807, 2.05) is 0 Å². The third kappa shape index (κ3) is 3.74. The second-order valence-corrected chi connectivity index (χ2v) is 6.69. The zero-order valence-electron chi connectivity index (χ0n) is 12.8. The maximum Gasteiger partial charge on any atom is 0.239 e. The van der Waals surface area contributed by atoms with Crippen LogP contribution in [0.5, 0.6) is 0 Å². The predicted octanol–water partition coefficient (Wildman–Crippen LogP) is -0.593. The maximum atomic E-state index is 12.3. The molecule has 118 valence electrons. The minimum atomic E-state index is -0.0348. The van der Waals surface area contributed by atoms with Gasteiger partial charge in [0, 0.05) is 25.7 Å². The minimum absolute atomic E-state index is 0.0348. The van der Waals surface area contributed by atoms with Gasteiger partial charge in [-0.25, -0.2) is 0 Å². The van der Waals surface area contributed by atoms with Crippen molar-refractivity contribution in [1.29, 1.82) is 0 Å². The van der Waals surface area contributed by atoms with Crippen LogP contribution in [0.4, 0.5) is 0 Å². The van der Waals surface area contributed by atoms with Crippen molar-refractivity contribution < 1.29 is 9.59 Å². The molecule has 2 atom stereocenters. The van der Waals surface area contributed by atoms with E-state index in [4.69, 9.17) is 0 Å². The highest BCUT2D eigenvalue weighted by molar-refractivity contribution is 5.85. The van der Waals surface area contributed by atoms with Gasteiger partial charge in [0.05, 0.1) is 13.1 Å². The molecule has 2 aliphatic heterocycles. The number of likely N-dealkylation sites (tertiary alicyclic amines) is 1. The number of piperidine rings is 1. The van der Waals surface area contributed by atoms with E-state index in [1.54, 1.807) is 11.9 Å². The Bertz CT molecular complexity index is 410. The molecule has 1 aliphatic carbocycles. The Labute approximate surface area is 126 Å². The first-order valence-electron chi connectivity index (χ1n) is 8.11. The average Bonchev–Trinajstić information content (AvgIpc) is 3.12. The normalized spacial score (nSPS) is 29.0. The van der Waals surface area contributed by atoms with Gasteiger partial charge in [0.25, 0.3) is 0 Å². The molecule has 6 nitrogen and oxygen atoms in total. The van der Waals surface area contributed by atoms with Crippen molar-refractivity contribution in [2.24, 2.45) is 5.92 Å². The quantitative estimate of drug-likeness (QED) is 0.711. The summed E-state index contributed by atoms with van der Waals surface area (Å²) >= 11 is 0. The molecule has 3 rings (SSSR count). The monoisotopic (exact) mass is 294 g/mol. The van der Waals surface area contributed by atoms with Crippen molar-refractivity contribution in [2.75, 3.05) is 39.8 Å². The summed E-state index contributed by atoms with van der Waals surface area (Å²) in [6, 6.07) is 0.852. The second-order valence-electron chi connectivity index (χ2n) is 6.69. The number of hydrogen-bond donors (Lipinski definition) is 2. The molecule has 0 bridgehead atoms. The van der Waals surface area contributed by atoms with Gasteiger partial charge in [0.15, 0.2) is 0 Å². The summed E-state index contributed by atoms with van der Waals surface area (Å²) in [4.78, 5) is 27.9. The molecule has 0 aromatic carbocycles. The van der Waals surface area contributed by atoms with E-state index < -0.39 is 0 Å². The molecule has 21 heavy (non-hydrogen) atoms. The summed E-state index contributed by atoms with van der Waals surface area (Å²) in [6.45, 7) is 3.68. The highest BCUT2D eigenvalue weighted by atomic mass is 16.2. The van der Waals surface area contributed by atoms with E-state index in [0.717, 1.165) is 32.5 Å². The summed E-state index contributed by atoms with van der Waals surface area (Å²) in [5.74, 6) is 0.705. The number of hydrogen-bond acceptors (Lipinski definition) is 4. The summed E-state index contributed by atoms with van der Waals surface area (Å²) in [5, 5.41) is 6.35. The van der Waals surface area contributed by atoms with Crippen molar-refractivity contribution in [3.8, 4) is 0 Å². The molecule has 3 aliphatic rings. The minimum Gasteiger partial charge on any atom is -0.352 e. The molecule has 2 amide bonds. The number of amides is 2. The standard InChI is InChI=1S/C15H26N4O2/c1-18(9-14(20)17-12-4-5-12)15(21)10-19-6-2-3-11-7-16-8-13(11)19/h11-13,16H,2-10H2,1H3,(H,17,20). The van der Waals surface area contributed by atoms with Crippen molar-refractivity contribution in [2.45, 2.75) is 37.8 Å². The second kappa shape index (κ2) is 6.32. The summed E-state index contributed by atoms with van der Waals surface area (Å²) < 4.78 is 0. The van der Waals surface area contributed by atoms with E-state index >= 15 is 0 Å². The zero-order valence-corrected chi connectivity index (χ0v) is 12.8. The number of nitrogens with one attached hydrogen (secondary N) is 2. The summed E-state index contributed by atoms with van der Waals surface area (Å²) in [7, 11) is 1.73. The summed E-state index contributed by atoms with van der Waals surface area (Å²) in [5.41, 5.74) is 0. The highest BCUT2D eigenvalue weighted by Gasteiger charge is 2.36. The van der Waals surface area contributed by atoms with Gasteiger partial charge >= 0.3 is 0 Å². The van der Waals surface area contributed by atoms with Crippen LogP contribution in [-0.2, 0) is 9.59 Å².